The third-order valence-electron chi connectivity index (χ3n) is 3.19. The quantitative estimate of drug-likeness (QED) is 0.618. The van der Waals surface area contributed by atoms with Crippen LogP contribution in [-0.2, 0) is 14.3 Å². The van der Waals surface area contributed by atoms with Crippen LogP contribution in [0.25, 0.3) is 0 Å². The van der Waals surface area contributed by atoms with E-state index in [1.165, 1.54) is 6.92 Å². The minimum absolute atomic E-state index is 0.157. The summed E-state index contributed by atoms with van der Waals surface area (Å²) in [6.07, 6.45) is -0.285. The normalized spacial score (nSPS) is 12.8. The smallest absolute Gasteiger partial charge is 0.312 e. The van der Waals surface area contributed by atoms with Crippen molar-refractivity contribution >= 4 is 29.5 Å². The molecule has 0 radical (unpaired) electrons. The Bertz CT molecular complexity index is 577. The van der Waals surface area contributed by atoms with Gasteiger partial charge in [-0.25, -0.2) is 4.79 Å². The number of rotatable bonds is 8. The van der Waals surface area contributed by atoms with E-state index in [4.69, 9.17) is 22.1 Å². The van der Waals surface area contributed by atoms with Gasteiger partial charge in [-0.2, -0.15) is 0 Å². The second-order valence-corrected chi connectivity index (χ2v) is 5.68. The van der Waals surface area contributed by atoms with Crippen LogP contribution < -0.4 is 16.4 Å². The Morgan fingerprint density at radius 3 is 2.42 bits per heavy atom. The molecule has 0 saturated heterocycles. The van der Waals surface area contributed by atoms with Crippen molar-refractivity contribution in [2.75, 3.05) is 6.54 Å². The standard InChI is InChI=1S/C16H22ClN3O4/c1-3-8-19-15(22)10(2)24-14(21)9-13(20-16(18)23)11-4-6-12(17)7-5-11/h4-7,10,13H,3,8-9H2,1-2H3,(H,19,22)(H3,18,20,23)/t10-,13-/m1/s1. The molecular weight excluding hydrogens is 334 g/mol. The van der Waals surface area contributed by atoms with E-state index in [2.05, 4.69) is 10.6 Å². The summed E-state index contributed by atoms with van der Waals surface area (Å²) < 4.78 is 5.10. The summed E-state index contributed by atoms with van der Waals surface area (Å²) in [7, 11) is 0. The number of primary amides is 1. The second kappa shape index (κ2) is 9.77. The largest absolute Gasteiger partial charge is 0.452 e. The second-order valence-electron chi connectivity index (χ2n) is 5.24. The number of halogens is 1. The molecule has 0 spiro atoms. The molecule has 1 aromatic rings. The lowest BCUT2D eigenvalue weighted by Crippen LogP contribution is -2.38. The topological polar surface area (TPSA) is 111 Å². The van der Waals surface area contributed by atoms with E-state index >= 15 is 0 Å². The molecule has 0 aromatic heterocycles. The Kier molecular flexibility index (Phi) is 8.05. The van der Waals surface area contributed by atoms with Gasteiger partial charge < -0.3 is 21.1 Å². The Balaban J connectivity index is 2.69. The van der Waals surface area contributed by atoms with Gasteiger partial charge in [0.05, 0.1) is 12.5 Å². The van der Waals surface area contributed by atoms with Crippen LogP contribution in [-0.4, -0.2) is 30.6 Å². The van der Waals surface area contributed by atoms with Crippen LogP contribution >= 0.6 is 11.6 Å². The number of carbonyl (C=O) groups excluding carboxylic acids is 3. The molecule has 0 heterocycles. The van der Waals surface area contributed by atoms with Crippen molar-refractivity contribution in [2.24, 2.45) is 5.73 Å². The number of nitrogens with one attached hydrogen (secondary N) is 2. The highest BCUT2D eigenvalue weighted by Crippen LogP contribution is 2.20. The average molecular weight is 356 g/mol. The van der Waals surface area contributed by atoms with Crippen molar-refractivity contribution in [1.82, 2.24) is 10.6 Å². The van der Waals surface area contributed by atoms with Gasteiger partial charge in [0.2, 0.25) is 0 Å². The van der Waals surface area contributed by atoms with Crippen LogP contribution in [0.5, 0.6) is 0 Å². The first-order chi connectivity index (χ1) is 11.3. The molecule has 4 N–H and O–H groups in total. The molecule has 3 amide bonds. The fraction of sp³-hybridized carbons (Fsp3) is 0.438. The highest BCUT2D eigenvalue weighted by atomic mass is 35.5. The van der Waals surface area contributed by atoms with Crippen LogP contribution in [0.3, 0.4) is 0 Å². The van der Waals surface area contributed by atoms with Gasteiger partial charge in [-0.3, -0.25) is 9.59 Å². The summed E-state index contributed by atoms with van der Waals surface area (Å²) in [5.41, 5.74) is 5.80. The number of ether oxygens (including phenoxy) is 1. The number of nitrogens with two attached hydrogens (primary N) is 1. The first-order valence-electron chi connectivity index (χ1n) is 7.62. The molecule has 1 aromatic carbocycles. The summed E-state index contributed by atoms with van der Waals surface area (Å²) in [5.74, 6) is -0.987. The molecule has 0 aliphatic carbocycles. The molecule has 0 unspecified atom stereocenters. The molecular formula is C16H22ClN3O4. The van der Waals surface area contributed by atoms with Gasteiger partial charge in [-0.05, 0) is 31.0 Å². The van der Waals surface area contributed by atoms with E-state index < -0.39 is 24.1 Å². The van der Waals surface area contributed by atoms with E-state index in [1.54, 1.807) is 24.3 Å². The first-order valence-corrected chi connectivity index (χ1v) is 8.00. The Morgan fingerprint density at radius 1 is 1.25 bits per heavy atom. The van der Waals surface area contributed by atoms with Crippen molar-refractivity contribution in [2.45, 2.75) is 38.8 Å². The zero-order chi connectivity index (χ0) is 18.1. The Hall–Kier alpha value is -2.28. The van der Waals surface area contributed by atoms with Crippen molar-refractivity contribution in [1.29, 1.82) is 0 Å². The highest BCUT2D eigenvalue weighted by molar-refractivity contribution is 6.30. The number of esters is 1. The van der Waals surface area contributed by atoms with Crippen LogP contribution in [0.4, 0.5) is 4.79 Å². The molecule has 0 bridgehead atoms. The SMILES string of the molecule is CCCNC(=O)[C@@H](C)OC(=O)C[C@@H](NC(N)=O)c1ccc(Cl)cc1. The van der Waals surface area contributed by atoms with Gasteiger partial charge in [-0.15, -0.1) is 0 Å². The molecule has 1 rings (SSSR count). The molecule has 2 atom stereocenters. The fourth-order valence-corrected chi connectivity index (χ4v) is 2.10. The molecule has 132 valence electrons. The summed E-state index contributed by atoms with van der Waals surface area (Å²) in [6.45, 7) is 3.92. The zero-order valence-electron chi connectivity index (χ0n) is 13.7. The van der Waals surface area contributed by atoms with E-state index in [0.29, 0.717) is 17.1 Å². The van der Waals surface area contributed by atoms with Crippen molar-refractivity contribution in [3.63, 3.8) is 0 Å². The van der Waals surface area contributed by atoms with Gasteiger partial charge in [0.15, 0.2) is 6.10 Å². The highest BCUT2D eigenvalue weighted by Gasteiger charge is 2.22. The lowest BCUT2D eigenvalue weighted by Gasteiger charge is -2.19. The van der Waals surface area contributed by atoms with E-state index in [-0.39, 0.29) is 12.3 Å². The number of urea groups is 1. The number of benzene rings is 1. The van der Waals surface area contributed by atoms with E-state index in [1.807, 2.05) is 6.92 Å². The maximum absolute atomic E-state index is 12.0. The third-order valence-corrected chi connectivity index (χ3v) is 3.44. The minimum atomic E-state index is -0.913. The van der Waals surface area contributed by atoms with Crippen LogP contribution in [0.2, 0.25) is 5.02 Å². The van der Waals surface area contributed by atoms with E-state index in [9.17, 15) is 14.4 Å². The van der Waals surface area contributed by atoms with Crippen molar-refractivity contribution in [3.05, 3.63) is 34.9 Å². The maximum Gasteiger partial charge on any atom is 0.312 e. The Labute approximate surface area is 145 Å². The molecule has 24 heavy (non-hydrogen) atoms. The van der Waals surface area contributed by atoms with Gasteiger partial charge in [-0.1, -0.05) is 30.7 Å². The Morgan fingerprint density at radius 2 is 1.88 bits per heavy atom. The van der Waals surface area contributed by atoms with Crippen molar-refractivity contribution in [3.8, 4) is 0 Å². The predicted molar refractivity (Wildman–Crippen MR) is 90.4 cm³/mol. The summed E-state index contributed by atoms with van der Waals surface area (Å²) >= 11 is 5.83. The maximum atomic E-state index is 12.0. The summed E-state index contributed by atoms with van der Waals surface area (Å²) in [5, 5.41) is 5.65. The van der Waals surface area contributed by atoms with Gasteiger partial charge in [0.25, 0.3) is 5.91 Å². The van der Waals surface area contributed by atoms with Gasteiger partial charge >= 0.3 is 12.0 Å². The zero-order valence-corrected chi connectivity index (χ0v) is 14.4. The van der Waals surface area contributed by atoms with Gasteiger partial charge in [0, 0.05) is 11.6 Å². The summed E-state index contributed by atoms with van der Waals surface area (Å²) in [4.78, 5) is 34.9. The molecule has 7 nitrogen and oxygen atoms in total. The van der Waals surface area contributed by atoms with Crippen LogP contribution in [0.15, 0.2) is 24.3 Å². The average Bonchev–Trinajstić information content (AvgIpc) is 2.52. The monoisotopic (exact) mass is 355 g/mol. The van der Waals surface area contributed by atoms with Crippen LogP contribution in [0, 0.1) is 0 Å². The molecule has 0 saturated carbocycles. The fourth-order valence-electron chi connectivity index (χ4n) is 1.98. The van der Waals surface area contributed by atoms with E-state index in [0.717, 1.165) is 6.42 Å². The molecule has 8 heteroatoms. The molecule has 0 fully saturated rings. The van der Waals surface area contributed by atoms with Crippen molar-refractivity contribution < 1.29 is 19.1 Å². The third kappa shape index (κ3) is 6.87. The lowest BCUT2D eigenvalue weighted by molar-refractivity contribution is -0.155. The number of amides is 3. The lowest BCUT2D eigenvalue weighted by atomic mass is 10.0. The van der Waals surface area contributed by atoms with Gasteiger partial charge in [0.1, 0.15) is 0 Å². The molecule has 0 aliphatic heterocycles. The predicted octanol–water partition coefficient (Wildman–Crippen LogP) is 1.90. The number of carbonyl (C=O) groups is 3. The minimum Gasteiger partial charge on any atom is -0.452 e. The summed E-state index contributed by atoms with van der Waals surface area (Å²) in [6, 6.07) is 5.19. The molecule has 0 aliphatic rings. The number of hydrogen-bond donors (Lipinski definition) is 3. The first kappa shape index (κ1) is 19.8. The van der Waals surface area contributed by atoms with Crippen LogP contribution in [0.1, 0.15) is 38.3 Å². The number of hydrogen-bond acceptors (Lipinski definition) is 4.